The Kier molecular flexibility index (Phi) is 5.97. The third kappa shape index (κ3) is 4.28. The van der Waals surface area contributed by atoms with E-state index in [0.29, 0.717) is 30.6 Å². The standard InChI is InChI=1S/C23H25N3O5/c27-19(17-8-10-18(11-9-17)24-13-4-7-20(24)28)15-26-22(30)21(29)25(23(26)31)14-12-16-5-2-1-3-6-16/h5,8-11H,1-4,6-7,12-15H2. The van der Waals surface area contributed by atoms with Gasteiger partial charge in [0, 0.05) is 30.8 Å². The average molecular weight is 423 g/mol. The first-order valence-corrected chi connectivity index (χ1v) is 10.7. The van der Waals surface area contributed by atoms with Gasteiger partial charge < -0.3 is 4.90 Å². The van der Waals surface area contributed by atoms with Crippen molar-refractivity contribution in [3.05, 3.63) is 41.5 Å². The van der Waals surface area contributed by atoms with Crippen LogP contribution >= 0.6 is 0 Å². The van der Waals surface area contributed by atoms with E-state index >= 15 is 0 Å². The van der Waals surface area contributed by atoms with E-state index in [0.717, 1.165) is 41.9 Å². The summed E-state index contributed by atoms with van der Waals surface area (Å²) in [4.78, 5) is 65.0. The lowest BCUT2D eigenvalue weighted by atomic mass is 9.97. The summed E-state index contributed by atoms with van der Waals surface area (Å²) in [5.74, 6) is -2.23. The Hall–Kier alpha value is -3.29. The molecule has 0 spiro atoms. The van der Waals surface area contributed by atoms with Crippen molar-refractivity contribution in [2.24, 2.45) is 0 Å². The van der Waals surface area contributed by atoms with Crippen LogP contribution in [-0.2, 0) is 14.4 Å². The molecule has 0 bridgehead atoms. The highest BCUT2D eigenvalue weighted by Crippen LogP contribution is 2.23. The highest BCUT2D eigenvalue weighted by molar-refractivity contribution is 6.45. The minimum absolute atomic E-state index is 0.0509. The van der Waals surface area contributed by atoms with E-state index in [1.807, 2.05) is 0 Å². The number of allylic oxidation sites excluding steroid dienone is 1. The lowest BCUT2D eigenvalue weighted by molar-refractivity contribution is -0.143. The summed E-state index contributed by atoms with van der Waals surface area (Å²) in [6.07, 6.45) is 8.21. The fraction of sp³-hybridized carbons (Fsp3) is 0.435. The van der Waals surface area contributed by atoms with Gasteiger partial charge in [-0.1, -0.05) is 11.6 Å². The summed E-state index contributed by atoms with van der Waals surface area (Å²) in [7, 11) is 0. The molecule has 2 fully saturated rings. The zero-order valence-corrected chi connectivity index (χ0v) is 17.3. The van der Waals surface area contributed by atoms with Gasteiger partial charge in [-0.2, -0.15) is 0 Å². The molecule has 0 unspecified atom stereocenters. The molecule has 1 aromatic rings. The fourth-order valence-corrected chi connectivity index (χ4v) is 4.26. The minimum Gasteiger partial charge on any atom is -0.312 e. The van der Waals surface area contributed by atoms with E-state index in [-0.39, 0.29) is 12.5 Å². The molecule has 0 radical (unpaired) electrons. The number of rotatable bonds is 7. The maximum absolute atomic E-state index is 12.6. The molecule has 2 aliphatic heterocycles. The number of carbonyl (C=O) groups excluding carboxylic acids is 5. The van der Waals surface area contributed by atoms with Crippen molar-refractivity contribution in [3.63, 3.8) is 0 Å². The van der Waals surface area contributed by atoms with Crippen molar-refractivity contribution in [1.82, 2.24) is 9.80 Å². The number of imide groups is 2. The molecule has 0 saturated carbocycles. The monoisotopic (exact) mass is 423 g/mol. The van der Waals surface area contributed by atoms with Crippen LogP contribution in [0.2, 0.25) is 0 Å². The Morgan fingerprint density at radius 1 is 0.871 bits per heavy atom. The predicted octanol–water partition coefficient (Wildman–Crippen LogP) is 2.68. The molecule has 5 amide bonds. The van der Waals surface area contributed by atoms with E-state index in [1.165, 1.54) is 5.57 Å². The number of carbonyl (C=O) groups is 5. The van der Waals surface area contributed by atoms with Crippen LogP contribution in [-0.4, -0.2) is 59.0 Å². The zero-order valence-electron chi connectivity index (χ0n) is 17.3. The van der Waals surface area contributed by atoms with Gasteiger partial charge in [-0.3, -0.25) is 24.1 Å². The second-order valence-corrected chi connectivity index (χ2v) is 8.11. The molecule has 31 heavy (non-hydrogen) atoms. The van der Waals surface area contributed by atoms with Crippen molar-refractivity contribution in [3.8, 4) is 0 Å². The molecule has 8 nitrogen and oxygen atoms in total. The summed E-state index contributed by atoms with van der Waals surface area (Å²) in [5, 5.41) is 0. The Morgan fingerprint density at radius 2 is 1.61 bits per heavy atom. The maximum atomic E-state index is 12.6. The largest absolute Gasteiger partial charge is 0.334 e. The quantitative estimate of drug-likeness (QED) is 0.291. The van der Waals surface area contributed by atoms with Crippen LogP contribution in [0, 0.1) is 0 Å². The zero-order chi connectivity index (χ0) is 22.0. The number of Topliss-reactive ketones (excluding diaryl/α,β-unsaturated/α-hetero) is 1. The van der Waals surface area contributed by atoms with Gasteiger partial charge in [-0.15, -0.1) is 0 Å². The Labute approximate surface area is 180 Å². The number of nitrogens with zero attached hydrogens (tertiary/aromatic N) is 3. The van der Waals surface area contributed by atoms with Crippen LogP contribution in [0.1, 0.15) is 55.3 Å². The molecule has 8 heteroatoms. The van der Waals surface area contributed by atoms with Crippen LogP contribution < -0.4 is 4.90 Å². The smallest absolute Gasteiger partial charge is 0.312 e. The first-order valence-electron chi connectivity index (χ1n) is 10.7. The third-order valence-electron chi connectivity index (χ3n) is 6.05. The maximum Gasteiger partial charge on any atom is 0.334 e. The van der Waals surface area contributed by atoms with E-state index < -0.39 is 30.2 Å². The molecular weight excluding hydrogens is 398 g/mol. The fourth-order valence-electron chi connectivity index (χ4n) is 4.26. The summed E-state index contributed by atoms with van der Waals surface area (Å²) < 4.78 is 0. The summed E-state index contributed by atoms with van der Waals surface area (Å²) in [6, 6.07) is 5.77. The first kappa shape index (κ1) is 21.0. The van der Waals surface area contributed by atoms with Crippen LogP contribution in [0.4, 0.5) is 10.5 Å². The van der Waals surface area contributed by atoms with Crippen molar-refractivity contribution >= 4 is 35.2 Å². The number of hydrogen-bond acceptors (Lipinski definition) is 5. The van der Waals surface area contributed by atoms with Crippen LogP contribution in [0.5, 0.6) is 0 Å². The van der Waals surface area contributed by atoms with Crippen LogP contribution in [0.25, 0.3) is 0 Å². The molecule has 0 atom stereocenters. The van der Waals surface area contributed by atoms with Gasteiger partial charge in [-0.05, 0) is 62.8 Å². The third-order valence-corrected chi connectivity index (χ3v) is 6.05. The van der Waals surface area contributed by atoms with Gasteiger partial charge in [0.25, 0.3) is 0 Å². The summed E-state index contributed by atoms with van der Waals surface area (Å²) in [5.41, 5.74) is 2.23. The Bertz CT molecular complexity index is 966. The molecule has 3 aliphatic rings. The normalized spacial score (nSPS) is 19.5. The lowest BCUT2D eigenvalue weighted by Gasteiger charge is -2.18. The van der Waals surface area contributed by atoms with Gasteiger partial charge in [-0.25, -0.2) is 9.69 Å². The molecule has 1 aliphatic carbocycles. The molecular formula is C23H25N3O5. The van der Waals surface area contributed by atoms with Crippen LogP contribution in [0.15, 0.2) is 35.9 Å². The molecule has 0 N–H and O–H groups in total. The van der Waals surface area contributed by atoms with E-state index in [1.54, 1.807) is 29.2 Å². The van der Waals surface area contributed by atoms with Crippen molar-refractivity contribution in [2.45, 2.75) is 44.9 Å². The number of anilines is 1. The highest BCUT2D eigenvalue weighted by atomic mass is 16.2. The minimum atomic E-state index is -0.963. The predicted molar refractivity (Wildman–Crippen MR) is 112 cm³/mol. The van der Waals surface area contributed by atoms with Crippen molar-refractivity contribution in [1.29, 1.82) is 0 Å². The Balaban J connectivity index is 1.38. The summed E-state index contributed by atoms with van der Waals surface area (Å²) >= 11 is 0. The van der Waals surface area contributed by atoms with Crippen molar-refractivity contribution < 1.29 is 24.0 Å². The van der Waals surface area contributed by atoms with E-state index in [4.69, 9.17) is 0 Å². The molecule has 0 aromatic heterocycles. The first-order chi connectivity index (χ1) is 15.0. The van der Waals surface area contributed by atoms with Gasteiger partial charge in [0.15, 0.2) is 5.78 Å². The lowest BCUT2D eigenvalue weighted by Crippen LogP contribution is -2.37. The SMILES string of the molecule is O=C(CN1C(=O)C(=O)N(CCC2=CCCCC2)C1=O)c1ccc(N2CCCC2=O)cc1. The second-order valence-electron chi connectivity index (χ2n) is 8.11. The second kappa shape index (κ2) is 8.83. The number of urea groups is 1. The van der Waals surface area contributed by atoms with Crippen LogP contribution in [0.3, 0.4) is 0 Å². The summed E-state index contributed by atoms with van der Waals surface area (Å²) in [6.45, 7) is 0.320. The van der Waals surface area contributed by atoms with Gasteiger partial charge in [0.1, 0.15) is 0 Å². The number of ketones is 1. The number of hydrogen-bond donors (Lipinski definition) is 0. The Morgan fingerprint density at radius 3 is 2.26 bits per heavy atom. The highest BCUT2D eigenvalue weighted by Gasteiger charge is 2.44. The van der Waals surface area contributed by atoms with Gasteiger partial charge in [0.2, 0.25) is 5.91 Å². The van der Waals surface area contributed by atoms with Crippen molar-refractivity contribution in [2.75, 3.05) is 24.5 Å². The molecule has 1 aromatic carbocycles. The molecule has 2 saturated heterocycles. The molecule has 2 heterocycles. The number of benzene rings is 1. The van der Waals surface area contributed by atoms with Gasteiger partial charge in [0.05, 0.1) is 6.54 Å². The molecule has 162 valence electrons. The average Bonchev–Trinajstić information content (AvgIpc) is 3.30. The number of amides is 5. The topological polar surface area (TPSA) is 95.1 Å². The van der Waals surface area contributed by atoms with E-state index in [9.17, 15) is 24.0 Å². The molecule has 4 rings (SSSR count). The van der Waals surface area contributed by atoms with E-state index in [2.05, 4.69) is 6.08 Å². The van der Waals surface area contributed by atoms with Gasteiger partial charge >= 0.3 is 17.8 Å².